The molecule has 0 bridgehead atoms. The average Bonchev–Trinajstić information content (AvgIpc) is 2.29. The molecular weight excluding hydrogens is 208 g/mol. The predicted molar refractivity (Wildman–Crippen MR) is 74.9 cm³/mol. The van der Waals surface area contributed by atoms with Crippen LogP contribution in [0, 0.1) is 17.2 Å². The minimum absolute atomic E-state index is 0.669. The van der Waals surface area contributed by atoms with Crippen molar-refractivity contribution >= 4 is 0 Å². The first-order valence-electron chi connectivity index (χ1n) is 7.30. The fourth-order valence-electron chi connectivity index (χ4n) is 2.13. The van der Waals surface area contributed by atoms with Crippen LogP contribution in [-0.2, 0) is 0 Å². The first-order valence-corrected chi connectivity index (χ1v) is 7.30. The second kappa shape index (κ2) is 11.9. The van der Waals surface area contributed by atoms with E-state index in [9.17, 15) is 0 Å². The molecule has 0 fully saturated rings. The third-order valence-corrected chi connectivity index (χ3v) is 2.99. The molecule has 0 aliphatic rings. The van der Waals surface area contributed by atoms with Crippen molar-refractivity contribution in [2.24, 2.45) is 5.92 Å². The Bertz CT molecular complexity index is 194. The van der Waals surface area contributed by atoms with Crippen molar-refractivity contribution in [3.8, 4) is 6.07 Å². The fraction of sp³-hybridized carbons (Fsp3) is 0.933. The van der Waals surface area contributed by atoms with Crippen LogP contribution < -0.4 is 0 Å². The van der Waals surface area contributed by atoms with Gasteiger partial charge in [-0.3, -0.25) is 0 Å². The number of hydrogen-bond donors (Lipinski definition) is 0. The van der Waals surface area contributed by atoms with E-state index in [-0.39, 0.29) is 0 Å². The number of rotatable bonds is 11. The number of nitriles is 1. The molecule has 17 heavy (non-hydrogen) atoms. The number of hydrogen-bond acceptors (Lipinski definition) is 2. The van der Waals surface area contributed by atoms with Crippen LogP contribution in [0.5, 0.6) is 0 Å². The Balaban J connectivity index is 3.57. The minimum Gasteiger partial charge on any atom is -0.302 e. The van der Waals surface area contributed by atoms with Crippen LogP contribution >= 0.6 is 0 Å². The second-order valence-corrected chi connectivity index (χ2v) is 5.37. The summed E-state index contributed by atoms with van der Waals surface area (Å²) in [5.74, 6) is 0.703. The molecule has 2 heteroatoms. The van der Waals surface area contributed by atoms with Crippen LogP contribution in [0.4, 0.5) is 0 Å². The molecule has 0 rings (SSSR count). The van der Waals surface area contributed by atoms with Gasteiger partial charge in [-0.2, -0.15) is 5.26 Å². The molecule has 0 heterocycles. The number of unbranched alkanes of at least 4 members (excludes halogenated alkanes) is 5. The zero-order valence-electron chi connectivity index (χ0n) is 12.0. The zero-order chi connectivity index (χ0) is 12.9. The van der Waals surface area contributed by atoms with E-state index in [2.05, 4.69) is 31.7 Å². The van der Waals surface area contributed by atoms with Gasteiger partial charge in [-0.25, -0.2) is 0 Å². The van der Waals surface area contributed by atoms with Gasteiger partial charge >= 0.3 is 0 Å². The van der Waals surface area contributed by atoms with Crippen molar-refractivity contribution in [2.45, 2.75) is 65.7 Å². The molecule has 0 aromatic rings. The van der Waals surface area contributed by atoms with Crippen molar-refractivity contribution in [1.29, 1.82) is 5.26 Å². The maximum absolute atomic E-state index is 8.64. The van der Waals surface area contributed by atoms with Gasteiger partial charge in [0.15, 0.2) is 0 Å². The third kappa shape index (κ3) is 11.7. The Morgan fingerprint density at radius 2 is 1.65 bits per heavy atom. The zero-order valence-corrected chi connectivity index (χ0v) is 12.0. The van der Waals surface area contributed by atoms with Gasteiger partial charge in [-0.1, -0.05) is 52.9 Å². The third-order valence-electron chi connectivity index (χ3n) is 2.99. The highest BCUT2D eigenvalue weighted by molar-refractivity contribution is 4.72. The maximum Gasteiger partial charge on any atom is 0.0635 e. The van der Waals surface area contributed by atoms with Gasteiger partial charge < -0.3 is 4.90 Å². The molecule has 0 atom stereocenters. The van der Waals surface area contributed by atoms with Crippen molar-refractivity contribution in [3.05, 3.63) is 0 Å². The molecule has 0 aliphatic carbocycles. The average molecular weight is 238 g/mol. The normalized spacial score (nSPS) is 11.1. The van der Waals surface area contributed by atoms with Crippen LogP contribution in [0.1, 0.15) is 65.7 Å². The van der Waals surface area contributed by atoms with Crippen LogP contribution in [0.2, 0.25) is 0 Å². The predicted octanol–water partition coefficient (Wildman–Crippen LogP) is 4.22. The van der Waals surface area contributed by atoms with E-state index in [0.29, 0.717) is 12.3 Å². The SMILES string of the molecule is CCCCCCCCN(CCC#N)CC(C)C. The van der Waals surface area contributed by atoms with Crippen LogP contribution in [0.15, 0.2) is 0 Å². The lowest BCUT2D eigenvalue weighted by Crippen LogP contribution is -2.29. The van der Waals surface area contributed by atoms with Gasteiger partial charge in [0.25, 0.3) is 0 Å². The highest BCUT2D eigenvalue weighted by atomic mass is 15.1. The molecule has 0 N–H and O–H groups in total. The fourth-order valence-corrected chi connectivity index (χ4v) is 2.13. The molecule has 0 amide bonds. The standard InChI is InChI=1S/C15H30N2/c1-4-5-6-7-8-9-12-17(13-10-11-16)14-15(2)3/h15H,4-10,12-14H2,1-3H3. The molecule has 0 aliphatic heterocycles. The second-order valence-electron chi connectivity index (χ2n) is 5.37. The minimum atomic E-state index is 0.669. The van der Waals surface area contributed by atoms with Gasteiger partial charge in [0.05, 0.1) is 6.07 Å². The summed E-state index contributed by atoms with van der Waals surface area (Å²) >= 11 is 0. The Morgan fingerprint density at radius 3 is 2.24 bits per heavy atom. The molecule has 0 saturated carbocycles. The van der Waals surface area contributed by atoms with Crippen molar-refractivity contribution in [1.82, 2.24) is 4.90 Å². The Hall–Kier alpha value is -0.550. The van der Waals surface area contributed by atoms with Crippen LogP contribution in [0.25, 0.3) is 0 Å². The lowest BCUT2D eigenvalue weighted by atomic mass is 10.1. The van der Waals surface area contributed by atoms with E-state index in [1.807, 2.05) is 0 Å². The van der Waals surface area contributed by atoms with E-state index < -0.39 is 0 Å². The molecule has 0 aromatic carbocycles. The number of nitrogens with zero attached hydrogens (tertiary/aromatic N) is 2. The van der Waals surface area contributed by atoms with Crippen LogP contribution in [0.3, 0.4) is 0 Å². The Morgan fingerprint density at radius 1 is 1.00 bits per heavy atom. The summed E-state index contributed by atoms with van der Waals surface area (Å²) in [6, 6.07) is 2.25. The lowest BCUT2D eigenvalue weighted by molar-refractivity contribution is 0.243. The molecule has 100 valence electrons. The van der Waals surface area contributed by atoms with Gasteiger partial charge in [0.1, 0.15) is 0 Å². The highest BCUT2D eigenvalue weighted by Gasteiger charge is 2.06. The summed E-state index contributed by atoms with van der Waals surface area (Å²) in [7, 11) is 0. The molecule has 0 unspecified atom stereocenters. The Labute approximate surface area is 108 Å². The first kappa shape index (κ1) is 16.4. The van der Waals surface area contributed by atoms with E-state index in [4.69, 9.17) is 5.26 Å². The lowest BCUT2D eigenvalue weighted by Gasteiger charge is -2.23. The summed E-state index contributed by atoms with van der Waals surface area (Å²) < 4.78 is 0. The largest absolute Gasteiger partial charge is 0.302 e. The molecular formula is C15H30N2. The summed E-state index contributed by atoms with van der Waals surface area (Å²) in [4.78, 5) is 2.45. The van der Waals surface area contributed by atoms with Crippen molar-refractivity contribution in [2.75, 3.05) is 19.6 Å². The summed E-state index contributed by atoms with van der Waals surface area (Å²) in [5, 5.41) is 8.64. The van der Waals surface area contributed by atoms with E-state index in [1.54, 1.807) is 0 Å². The molecule has 2 nitrogen and oxygen atoms in total. The molecule has 0 radical (unpaired) electrons. The van der Waals surface area contributed by atoms with Gasteiger partial charge in [0, 0.05) is 19.5 Å². The highest BCUT2D eigenvalue weighted by Crippen LogP contribution is 2.07. The van der Waals surface area contributed by atoms with Gasteiger partial charge in [0.2, 0.25) is 0 Å². The summed E-state index contributed by atoms with van der Waals surface area (Å²) in [6.45, 7) is 10.0. The molecule has 0 saturated heterocycles. The van der Waals surface area contributed by atoms with E-state index in [1.165, 1.54) is 45.1 Å². The summed E-state index contributed by atoms with van der Waals surface area (Å²) in [5.41, 5.74) is 0. The Kier molecular flexibility index (Phi) is 11.5. The van der Waals surface area contributed by atoms with Crippen molar-refractivity contribution in [3.63, 3.8) is 0 Å². The van der Waals surface area contributed by atoms with Crippen molar-refractivity contribution < 1.29 is 0 Å². The quantitative estimate of drug-likeness (QED) is 0.504. The first-order chi connectivity index (χ1) is 8.20. The smallest absolute Gasteiger partial charge is 0.0635 e. The molecule has 0 aromatic heterocycles. The van der Waals surface area contributed by atoms with Crippen LogP contribution in [-0.4, -0.2) is 24.5 Å². The monoisotopic (exact) mass is 238 g/mol. The maximum atomic E-state index is 8.64. The summed E-state index contributed by atoms with van der Waals surface area (Å²) in [6.07, 6.45) is 8.78. The van der Waals surface area contributed by atoms with Gasteiger partial charge in [-0.05, 0) is 18.9 Å². The molecule has 0 spiro atoms. The van der Waals surface area contributed by atoms with E-state index >= 15 is 0 Å². The topological polar surface area (TPSA) is 27.0 Å². The van der Waals surface area contributed by atoms with E-state index in [0.717, 1.165) is 13.1 Å². The van der Waals surface area contributed by atoms with Gasteiger partial charge in [-0.15, -0.1) is 0 Å².